The Bertz CT molecular complexity index is 1260. The average Bonchev–Trinajstić information content (AvgIpc) is 2.97. The van der Waals surface area contributed by atoms with E-state index < -0.39 is 17.2 Å². The lowest BCUT2D eigenvalue weighted by Crippen LogP contribution is -2.59. The van der Waals surface area contributed by atoms with Crippen molar-refractivity contribution in [2.24, 2.45) is 0 Å². The summed E-state index contributed by atoms with van der Waals surface area (Å²) in [4.78, 5) is 13.0. The molecule has 0 spiro atoms. The molecule has 0 heterocycles. The van der Waals surface area contributed by atoms with Crippen molar-refractivity contribution in [3.63, 3.8) is 0 Å². The molecule has 42 heavy (non-hydrogen) atoms. The Balaban J connectivity index is 1.78. The van der Waals surface area contributed by atoms with Crippen LogP contribution in [0.3, 0.4) is 0 Å². The minimum atomic E-state index is -1.07. The minimum absolute atomic E-state index is 0.0925. The molecule has 0 aliphatic carbocycles. The summed E-state index contributed by atoms with van der Waals surface area (Å²) in [5.74, 6) is 7.82. The molecule has 216 valence electrons. The van der Waals surface area contributed by atoms with Crippen molar-refractivity contribution in [3.8, 4) is 37.0 Å². The van der Waals surface area contributed by atoms with Gasteiger partial charge in [-0.15, -0.1) is 19.3 Å². The van der Waals surface area contributed by atoms with E-state index in [0.29, 0.717) is 19.8 Å². The Morgan fingerprint density at radius 3 is 1.19 bits per heavy atom. The highest BCUT2D eigenvalue weighted by atomic mass is 16.6. The number of carbonyl (C=O) groups excluding carboxylic acids is 1. The van der Waals surface area contributed by atoms with E-state index in [4.69, 9.17) is 38.2 Å². The van der Waals surface area contributed by atoms with Crippen LogP contribution in [0.5, 0.6) is 0 Å². The smallest absolute Gasteiger partial charge is 0.408 e. The quantitative estimate of drug-likeness (QED) is 0.265. The van der Waals surface area contributed by atoms with Gasteiger partial charge in [-0.05, 0) is 73.9 Å². The van der Waals surface area contributed by atoms with Gasteiger partial charge >= 0.3 is 6.09 Å². The summed E-state index contributed by atoms with van der Waals surface area (Å²) in [6.07, 6.45) is 15.8. The Morgan fingerprint density at radius 2 is 0.929 bits per heavy atom. The Kier molecular flexibility index (Phi) is 11.8. The summed E-state index contributed by atoms with van der Waals surface area (Å²) < 4.78 is 24.0. The Morgan fingerprint density at radius 1 is 0.619 bits per heavy atom. The average molecular weight is 564 g/mol. The van der Waals surface area contributed by atoms with E-state index >= 15 is 0 Å². The second-order valence-corrected chi connectivity index (χ2v) is 10.9. The van der Waals surface area contributed by atoms with Crippen LogP contribution in [-0.4, -0.2) is 37.1 Å². The first kappa shape index (κ1) is 32.0. The van der Waals surface area contributed by atoms with Crippen molar-refractivity contribution in [1.29, 1.82) is 0 Å². The van der Waals surface area contributed by atoms with Gasteiger partial charge in [0.25, 0.3) is 0 Å². The first-order chi connectivity index (χ1) is 20.1. The number of benzene rings is 3. The van der Waals surface area contributed by atoms with Crippen LogP contribution >= 0.6 is 0 Å². The Labute approximate surface area is 249 Å². The summed E-state index contributed by atoms with van der Waals surface area (Å²) in [6, 6.07) is 22.6. The van der Waals surface area contributed by atoms with E-state index in [1.165, 1.54) is 0 Å². The highest BCUT2D eigenvalue weighted by Crippen LogP contribution is 2.17. The zero-order valence-corrected chi connectivity index (χ0v) is 24.4. The van der Waals surface area contributed by atoms with Gasteiger partial charge in [-0.3, -0.25) is 0 Å². The molecule has 0 aromatic heterocycles. The number of rotatable bonds is 13. The standard InChI is InChI=1S/C36H37NO5/c1-7-28-10-16-31(17-11-28)22-39-25-36(37-34(38)42-35(4,5)6,26-40-23-32-18-12-29(8-2)13-19-32)27-41-24-33-20-14-30(9-3)15-21-33/h1-3,10-21H,22-27H2,4-6H3,(H,37,38). The summed E-state index contributed by atoms with van der Waals surface area (Å²) >= 11 is 0. The van der Waals surface area contributed by atoms with E-state index in [2.05, 4.69) is 23.1 Å². The lowest BCUT2D eigenvalue weighted by molar-refractivity contribution is -0.0537. The predicted molar refractivity (Wildman–Crippen MR) is 164 cm³/mol. The van der Waals surface area contributed by atoms with Gasteiger partial charge in [0.15, 0.2) is 0 Å². The maximum atomic E-state index is 13.0. The van der Waals surface area contributed by atoms with Gasteiger partial charge in [0.2, 0.25) is 0 Å². The summed E-state index contributed by atoms with van der Waals surface area (Å²) in [5.41, 5.74) is 3.39. The normalized spacial score (nSPS) is 11.1. The van der Waals surface area contributed by atoms with Crippen LogP contribution < -0.4 is 5.32 Å². The largest absolute Gasteiger partial charge is 0.444 e. The molecule has 1 N–H and O–H groups in total. The topological polar surface area (TPSA) is 66.0 Å². The molecular weight excluding hydrogens is 526 g/mol. The van der Waals surface area contributed by atoms with Gasteiger partial charge in [0, 0.05) is 16.7 Å². The third-order valence-electron chi connectivity index (χ3n) is 6.07. The number of terminal acetylenes is 3. The molecule has 6 heteroatoms. The third kappa shape index (κ3) is 10.8. The molecule has 0 saturated heterocycles. The molecule has 0 saturated carbocycles. The zero-order chi connectivity index (χ0) is 30.4. The molecule has 0 fully saturated rings. The second kappa shape index (κ2) is 15.5. The molecule has 0 bridgehead atoms. The van der Waals surface area contributed by atoms with Crippen molar-refractivity contribution in [1.82, 2.24) is 5.32 Å². The lowest BCUT2D eigenvalue weighted by Gasteiger charge is -2.35. The predicted octanol–water partition coefficient (Wildman–Crippen LogP) is 5.84. The van der Waals surface area contributed by atoms with Gasteiger partial charge in [-0.1, -0.05) is 54.2 Å². The summed E-state index contributed by atoms with van der Waals surface area (Å²) in [5, 5.41) is 2.98. The number of hydrogen-bond acceptors (Lipinski definition) is 5. The van der Waals surface area contributed by atoms with E-state index in [9.17, 15) is 4.79 Å². The molecule has 1 amide bonds. The van der Waals surface area contributed by atoms with Gasteiger partial charge in [-0.25, -0.2) is 4.79 Å². The molecule has 0 aliphatic heterocycles. The van der Waals surface area contributed by atoms with Crippen LogP contribution in [0.15, 0.2) is 72.8 Å². The van der Waals surface area contributed by atoms with Crippen LogP contribution in [-0.2, 0) is 38.8 Å². The van der Waals surface area contributed by atoms with Gasteiger partial charge in [0.05, 0.1) is 39.6 Å². The summed E-state index contributed by atoms with van der Waals surface area (Å²) in [6.45, 7) is 6.57. The van der Waals surface area contributed by atoms with Crippen molar-refractivity contribution >= 4 is 6.09 Å². The van der Waals surface area contributed by atoms with Gasteiger partial charge in [0.1, 0.15) is 11.1 Å². The minimum Gasteiger partial charge on any atom is -0.444 e. The maximum Gasteiger partial charge on any atom is 0.408 e. The van der Waals surface area contributed by atoms with E-state index in [0.717, 1.165) is 33.4 Å². The number of hydrogen-bond donors (Lipinski definition) is 1. The third-order valence-corrected chi connectivity index (χ3v) is 6.07. The van der Waals surface area contributed by atoms with E-state index in [1.807, 2.05) is 72.8 Å². The SMILES string of the molecule is C#Cc1ccc(COCC(COCc2ccc(C#C)cc2)(COCc2ccc(C#C)cc2)NC(=O)OC(C)(C)C)cc1. The molecule has 6 nitrogen and oxygen atoms in total. The van der Waals surface area contributed by atoms with Crippen LogP contribution in [0.1, 0.15) is 54.2 Å². The van der Waals surface area contributed by atoms with Crippen molar-refractivity contribution in [2.75, 3.05) is 19.8 Å². The molecular formula is C36H37NO5. The van der Waals surface area contributed by atoms with Crippen LogP contribution in [0.25, 0.3) is 0 Å². The second-order valence-electron chi connectivity index (χ2n) is 10.9. The summed E-state index contributed by atoms with van der Waals surface area (Å²) in [7, 11) is 0. The first-order valence-electron chi connectivity index (χ1n) is 13.5. The molecule has 3 rings (SSSR count). The molecule has 0 radical (unpaired) electrons. The van der Waals surface area contributed by atoms with E-state index in [1.54, 1.807) is 20.8 Å². The fraction of sp³-hybridized carbons (Fsp3) is 0.306. The molecule has 0 unspecified atom stereocenters. The van der Waals surface area contributed by atoms with Crippen molar-refractivity contribution in [3.05, 3.63) is 106 Å². The van der Waals surface area contributed by atoms with Crippen molar-refractivity contribution < 1.29 is 23.7 Å². The van der Waals surface area contributed by atoms with Crippen LogP contribution in [0.4, 0.5) is 4.79 Å². The fourth-order valence-electron chi connectivity index (χ4n) is 3.94. The zero-order valence-electron chi connectivity index (χ0n) is 24.4. The van der Waals surface area contributed by atoms with Crippen molar-refractivity contribution in [2.45, 2.75) is 51.7 Å². The number of carbonyl (C=O) groups is 1. The van der Waals surface area contributed by atoms with Crippen LogP contribution in [0.2, 0.25) is 0 Å². The van der Waals surface area contributed by atoms with Gasteiger partial charge < -0.3 is 24.3 Å². The number of nitrogens with one attached hydrogen (secondary N) is 1. The maximum absolute atomic E-state index is 13.0. The monoisotopic (exact) mass is 563 g/mol. The first-order valence-corrected chi connectivity index (χ1v) is 13.5. The van der Waals surface area contributed by atoms with Crippen LogP contribution in [0, 0.1) is 37.0 Å². The number of ether oxygens (including phenoxy) is 4. The molecule has 0 aliphatic rings. The molecule has 0 atom stereocenters. The van der Waals surface area contributed by atoms with E-state index in [-0.39, 0.29) is 19.8 Å². The number of amides is 1. The Hall–Kier alpha value is -4.51. The fourth-order valence-corrected chi connectivity index (χ4v) is 3.94. The highest BCUT2D eigenvalue weighted by molar-refractivity contribution is 5.69. The highest BCUT2D eigenvalue weighted by Gasteiger charge is 2.35. The lowest BCUT2D eigenvalue weighted by atomic mass is 10.0. The molecule has 3 aromatic carbocycles. The van der Waals surface area contributed by atoms with Gasteiger partial charge in [-0.2, -0.15) is 0 Å². The number of alkyl carbamates (subject to hydrolysis) is 1. The molecule has 3 aromatic rings.